The first kappa shape index (κ1) is 13.9. The van der Waals surface area contributed by atoms with E-state index >= 15 is 0 Å². The summed E-state index contributed by atoms with van der Waals surface area (Å²) in [4.78, 5) is 22.3. The summed E-state index contributed by atoms with van der Waals surface area (Å²) in [7, 11) is 0. The monoisotopic (exact) mass is 215 g/mol. The average Bonchev–Trinajstić information content (AvgIpc) is 1.95. The first-order valence-electron chi connectivity index (χ1n) is 5.02. The zero-order valence-corrected chi connectivity index (χ0v) is 10.4. The number of rotatable bonds is 3. The number of carbonyl (C=O) groups excluding carboxylic acids is 2. The molecule has 0 aromatic rings. The molecule has 0 atom stereocenters. The van der Waals surface area contributed by atoms with Gasteiger partial charge in [0.05, 0.1) is 6.54 Å². The van der Waals surface area contributed by atoms with Gasteiger partial charge >= 0.3 is 5.97 Å². The topological polar surface area (TPSA) is 55.4 Å². The number of hydrogen-bond acceptors (Lipinski definition) is 3. The third-order valence-corrected chi connectivity index (χ3v) is 1.78. The Balaban J connectivity index is 4.15. The Hall–Kier alpha value is -1.06. The van der Waals surface area contributed by atoms with Crippen LogP contribution < -0.4 is 5.32 Å². The second-order valence-corrected chi connectivity index (χ2v) is 5.29. The van der Waals surface area contributed by atoms with Crippen molar-refractivity contribution in [1.82, 2.24) is 5.32 Å². The molecule has 88 valence electrons. The second kappa shape index (κ2) is 4.64. The third-order valence-electron chi connectivity index (χ3n) is 1.78. The van der Waals surface area contributed by atoms with Crippen molar-refractivity contribution < 1.29 is 14.3 Å². The van der Waals surface area contributed by atoms with Gasteiger partial charge < -0.3 is 10.1 Å². The molecule has 0 saturated heterocycles. The van der Waals surface area contributed by atoms with E-state index in [2.05, 4.69) is 5.32 Å². The van der Waals surface area contributed by atoms with Crippen LogP contribution in [0, 0.1) is 5.41 Å². The minimum Gasteiger partial charge on any atom is -0.458 e. The second-order valence-electron chi connectivity index (χ2n) is 5.29. The summed E-state index contributed by atoms with van der Waals surface area (Å²) in [6, 6.07) is 0. The molecule has 0 aliphatic rings. The number of hydrogen-bond donors (Lipinski definition) is 1. The largest absolute Gasteiger partial charge is 0.458 e. The highest BCUT2D eigenvalue weighted by atomic mass is 16.6. The zero-order chi connectivity index (χ0) is 12.3. The van der Waals surface area contributed by atoms with Gasteiger partial charge in [-0.15, -0.1) is 0 Å². The zero-order valence-electron chi connectivity index (χ0n) is 10.4. The Morgan fingerprint density at radius 1 is 1.13 bits per heavy atom. The fourth-order valence-corrected chi connectivity index (χ4v) is 0.983. The fraction of sp³-hybridized carbons (Fsp3) is 0.818. The Morgan fingerprint density at radius 2 is 1.60 bits per heavy atom. The van der Waals surface area contributed by atoms with Crippen LogP contribution in [0.5, 0.6) is 0 Å². The lowest BCUT2D eigenvalue weighted by molar-refractivity contribution is -0.154. The first-order chi connectivity index (χ1) is 6.54. The summed E-state index contributed by atoms with van der Waals surface area (Å²) in [5, 5.41) is 2.75. The molecule has 0 rings (SSSR count). The first-order valence-corrected chi connectivity index (χ1v) is 5.02. The van der Waals surface area contributed by atoms with E-state index in [0.717, 1.165) is 0 Å². The lowest BCUT2D eigenvalue weighted by Crippen LogP contribution is -2.45. The number of ether oxygens (including phenoxy) is 1. The van der Waals surface area contributed by atoms with Gasteiger partial charge in [0.25, 0.3) is 0 Å². The predicted octanol–water partition coefficient (Wildman–Crippen LogP) is 1.49. The SMILES string of the molecule is CC(=O)OC(C)(C)CNC(=O)C(C)(C)C. The van der Waals surface area contributed by atoms with Crippen LogP contribution in [0.1, 0.15) is 41.5 Å². The van der Waals surface area contributed by atoms with Crippen LogP contribution in [-0.4, -0.2) is 24.0 Å². The van der Waals surface area contributed by atoms with Gasteiger partial charge in [-0.2, -0.15) is 0 Å². The summed E-state index contributed by atoms with van der Waals surface area (Å²) >= 11 is 0. The van der Waals surface area contributed by atoms with E-state index < -0.39 is 11.0 Å². The van der Waals surface area contributed by atoms with Crippen LogP contribution >= 0.6 is 0 Å². The summed E-state index contributed by atoms with van der Waals surface area (Å²) in [5.74, 6) is -0.396. The molecule has 0 aliphatic heterocycles. The van der Waals surface area contributed by atoms with Crippen LogP contribution in [-0.2, 0) is 14.3 Å². The molecule has 4 nitrogen and oxygen atoms in total. The standard InChI is InChI=1S/C11H21NO3/c1-8(13)15-11(5,6)7-12-9(14)10(2,3)4/h7H2,1-6H3,(H,12,14). The maximum atomic E-state index is 11.5. The van der Waals surface area contributed by atoms with Crippen LogP contribution in [0.15, 0.2) is 0 Å². The van der Waals surface area contributed by atoms with Crippen molar-refractivity contribution in [3.8, 4) is 0 Å². The molecule has 0 aromatic heterocycles. The number of amides is 1. The molecule has 0 saturated carbocycles. The van der Waals surface area contributed by atoms with Gasteiger partial charge in [-0.3, -0.25) is 9.59 Å². The van der Waals surface area contributed by atoms with E-state index in [9.17, 15) is 9.59 Å². The lowest BCUT2D eigenvalue weighted by atomic mass is 9.95. The van der Waals surface area contributed by atoms with Crippen LogP contribution in [0.25, 0.3) is 0 Å². The summed E-state index contributed by atoms with van der Waals surface area (Å²) in [6.07, 6.45) is 0. The summed E-state index contributed by atoms with van der Waals surface area (Å²) in [6.45, 7) is 10.7. The Labute approximate surface area is 91.4 Å². The van der Waals surface area contributed by atoms with Crippen molar-refractivity contribution in [3.05, 3.63) is 0 Å². The van der Waals surface area contributed by atoms with E-state index in [0.29, 0.717) is 6.54 Å². The van der Waals surface area contributed by atoms with Gasteiger partial charge in [0, 0.05) is 12.3 Å². The Kier molecular flexibility index (Phi) is 4.31. The Bertz CT molecular complexity index is 251. The van der Waals surface area contributed by atoms with E-state index in [1.165, 1.54) is 6.92 Å². The van der Waals surface area contributed by atoms with E-state index in [1.54, 1.807) is 13.8 Å². The molecule has 0 bridgehead atoms. The molecular formula is C11H21NO3. The number of nitrogens with one attached hydrogen (secondary N) is 1. The van der Waals surface area contributed by atoms with Crippen molar-refractivity contribution in [2.75, 3.05) is 6.54 Å². The van der Waals surface area contributed by atoms with Gasteiger partial charge in [0.1, 0.15) is 5.60 Å². The van der Waals surface area contributed by atoms with Crippen molar-refractivity contribution in [2.24, 2.45) is 5.41 Å². The Morgan fingerprint density at radius 3 is 1.93 bits per heavy atom. The van der Waals surface area contributed by atoms with Crippen LogP contribution in [0.4, 0.5) is 0 Å². The number of carbonyl (C=O) groups is 2. The van der Waals surface area contributed by atoms with Crippen molar-refractivity contribution in [1.29, 1.82) is 0 Å². The molecule has 0 heterocycles. The van der Waals surface area contributed by atoms with Crippen molar-refractivity contribution >= 4 is 11.9 Å². The van der Waals surface area contributed by atoms with Crippen molar-refractivity contribution in [3.63, 3.8) is 0 Å². The molecule has 1 N–H and O–H groups in total. The molecule has 1 amide bonds. The molecule has 0 aliphatic carbocycles. The molecule has 0 spiro atoms. The fourth-order valence-electron chi connectivity index (χ4n) is 0.983. The highest BCUT2D eigenvalue weighted by molar-refractivity contribution is 5.81. The maximum absolute atomic E-state index is 11.5. The molecule has 0 aromatic carbocycles. The smallest absolute Gasteiger partial charge is 0.303 e. The van der Waals surface area contributed by atoms with E-state index in [4.69, 9.17) is 4.74 Å². The molecular weight excluding hydrogens is 194 g/mol. The van der Waals surface area contributed by atoms with Crippen molar-refractivity contribution in [2.45, 2.75) is 47.1 Å². The van der Waals surface area contributed by atoms with Gasteiger partial charge in [-0.25, -0.2) is 0 Å². The maximum Gasteiger partial charge on any atom is 0.303 e. The van der Waals surface area contributed by atoms with E-state index in [-0.39, 0.29) is 11.9 Å². The molecule has 0 radical (unpaired) electrons. The number of esters is 1. The normalized spacial score (nSPS) is 12.1. The summed E-state index contributed by atoms with van der Waals surface area (Å²) in [5.41, 5.74) is -1.08. The molecule has 0 unspecified atom stereocenters. The average molecular weight is 215 g/mol. The van der Waals surface area contributed by atoms with Gasteiger partial charge in [0.15, 0.2) is 0 Å². The third kappa shape index (κ3) is 6.10. The quantitative estimate of drug-likeness (QED) is 0.726. The minimum absolute atomic E-state index is 0.0530. The molecule has 15 heavy (non-hydrogen) atoms. The minimum atomic E-state index is -0.660. The molecule has 4 heteroatoms. The van der Waals surface area contributed by atoms with Gasteiger partial charge in [0.2, 0.25) is 5.91 Å². The van der Waals surface area contributed by atoms with Gasteiger partial charge in [-0.05, 0) is 13.8 Å². The molecule has 0 fully saturated rings. The van der Waals surface area contributed by atoms with Crippen LogP contribution in [0.3, 0.4) is 0 Å². The van der Waals surface area contributed by atoms with Gasteiger partial charge in [-0.1, -0.05) is 20.8 Å². The van der Waals surface area contributed by atoms with E-state index in [1.807, 2.05) is 20.8 Å². The predicted molar refractivity (Wildman–Crippen MR) is 58.3 cm³/mol. The van der Waals surface area contributed by atoms with Crippen LogP contribution in [0.2, 0.25) is 0 Å². The summed E-state index contributed by atoms with van der Waals surface area (Å²) < 4.78 is 5.05. The highest BCUT2D eigenvalue weighted by Crippen LogP contribution is 2.14. The highest BCUT2D eigenvalue weighted by Gasteiger charge is 2.26. The lowest BCUT2D eigenvalue weighted by Gasteiger charge is -2.27.